The first-order chi connectivity index (χ1) is 10.5. The first-order valence-corrected chi connectivity index (χ1v) is 6.87. The van der Waals surface area contributed by atoms with Gasteiger partial charge in [-0.1, -0.05) is 5.16 Å². The summed E-state index contributed by atoms with van der Waals surface area (Å²) in [6, 6.07) is 3.47. The minimum Gasteiger partial charge on any atom is -0.384 e. The maximum Gasteiger partial charge on any atom is 0.251 e. The third-order valence-electron chi connectivity index (χ3n) is 3.69. The van der Waals surface area contributed by atoms with Crippen LogP contribution in [0.3, 0.4) is 0 Å². The maximum atomic E-state index is 13.4. The van der Waals surface area contributed by atoms with Crippen molar-refractivity contribution >= 4 is 5.91 Å². The van der Waals surface area contributed by atoms with Crippen LogP contribution in [-0.2, 0) is 17.8 Å². The number of nitrogens with zero attached hydrogens (tertiary/aromatic N) is 2. The number of halogens is 2. The van der Waals surface area contributed by atoms with Crippen LogP contribution in [0, 0.1) is 11.6 Å². The summed E-state index contributed by atoms with van der Waals surface area (Å²) in [5, 5.41) is 13.3. The standard InChI is InChI=1S/C15H14F2N2O3/c1-8(20)15(21)19-5-4-13-10(7-19)14(18-22-13)9-2-3-11(16)12(17)6-9/h2-3,6,8,20H,4-5,7H2,1H3. The molecule has 0 spiro atoms. The van der Waals surface area contributed by atoms with Gasteiger partial charge in [-0.2, -0.15) is 0 Å². The van der Waals surface area contributed by atoms with Crippen molar-refractivity contribution in [1.29, 1.82) is 0 Å². The van der Waals surface area contributed by atoms with Crippen LogP contribution in [0.5, 0.6) is 0 Å². The van der Waals surface area contributed by atoms with E-state index in [2.05, 4.69) is 5.16 Å². The summed E-state index contributed by atoms with van der Waals surface area (Å²) < 4.78 is 31.7. The van der Waals surface area contributed by atoms with Gasteiger partial charge >= 0.3 is 0 Å². The Balaban J connectivity index is 1.95. The van der Waals surface area contributed by atoms with Crippen LogP contribution >= 0.6 is 0 Å². The van der Waals surface area contributed by atoms with Crippen LogP contribution in [0.15, 0.2) is 22.7 Å². The highest BCUT2D eigenvalue weighted by Crippen LogP contribution is 2.30. The van der Waals surface area contributed by atoms with Gasteiger partial charge in [-0.15, -0.1) is 0 Å². The minimum atomic E-state index is -1.09. The largest absolute Gasteiger partial charge is 0.384 e. The lowest BCUT2D eigenvalue weighted by Gasteiger charge is -2.27. The Bertz CT molecular complexity index is 728. The Hall–Kier alpha value is -2.28. The molecule has 0 radical (unpaired) electrons. The molecule has 1 aliphatic rings. The molecule has 0 fully saturated rings. The predicted molar refractivity (Wildman–Crippen MR) is 72.7 cm³/mol. The van der Waals surface area contributed by atoms with Crippen molar-refractivity contribution in [1.82, 2.24) is 10.1 Å². The number of aliphatic hydroxyl groups is 1. The van der Waals surface area contributed by atoms with Gasteiger partial charge in [0.2, 0.25) is 0 Å². The fraction of sp³-hybridized carbons (Fsp3) is 0.333. The van der Waals surface area contributed by atoms with E-state index in [1.807, 2.05) is 0 Å². The second kappa shape index (κ2) is 5.49. The van der Waals surface area contributed by atoms with E-state index in [0.717, 1.165) is 12.1 Å². The summed E-state index contributed by atoms with van der Waals surface area (Å²) in [5.74, 6) is -1.67. The number of aromatic nitrogens is 1. The van der Waals surface area contributed by atoms with Crippen LogP contribution in [0.1, 0.15) is 18.2 Å². The van der Waals surface area contributed by atoms with Gasteiger partial charge in [-0.25, -0.2) is 8.78 Å². The third kappa shape index (κ3) is 2.48. The SMILES string of the molecule is CC(O)C(=O)N1CCc2onc(-c3ccc(F)c(F)c3)c2C1. The Morgan fingerprint density at radius 1 is 1.41 bits per heavy atom. The second-order valence-corrected chi connectivity index (χ2v) is 5.25. The van der Waals surface area contributed by atoms with Crippen molar-refractivity contribution in [3.05, 3.63) is 41.2 Å². The summed E-state index contributed by atoms with van der Waals surface area (Å²) in [4.78, 5) is 13.4. The molecule has 0 bridgehead atoms. The molecule has 0 aliphatic carbocycles. The molecular weight excluding hydrogens is 294 g/mol. The number of carbonyl (C=O) groups is 1. The summed E-state index contributed by atoms with van der Waals surface area (Å²) in [6.45, 7) is 2.04. The molecule has 1 atom stereocenters. The van der Waals surface area contributed by atoms with Gasteiger partial charge in [0.15, 0.2) is 11.6 Å². The van der Waals surface area contributed by atoms with Crippen molar-refractivity contribution in [3.63, 3.8) is 0 Å². The highest BCUT2D eigenvalue weighted by atomic mass is 19.2. The van der Waals surface area contributed by atoms with Gasteiger partial charge in [0, 0.05) is 24.1 Å². The first-order valence-electron chi connectivity index (χ1n) is 6.87. The second-order valence-electron chi connectivity index (χ2n) is 5.25. The molecule has 1 amide bonds. The van der Waals surface area contributed by atoms with Gasteiger partial charge in [0.1, 0.15) is 17.6 Å². The number of rotatable bonds is 2. The Morgan fingerprint density at radius 2 is 2.18 bits per heavy atom. The number of hydrogen-bond donors (Lipinski definition) is 1. The number of hydrogen-bond acceptors (Lipinski definition) is 4. The molecule has 1 aromatic heterocycles. The molecule has 0 saturated heterocycles. The zero-order valence-electron chi connectivity index (χ0n) is 11.8. The van der Waals surface area contributed by atoms with Crippen LogP contribution < -0.4 is 0 Å². The van der Waals surface area contributed by atoms with Crippen molar-refractivity contribution < 1.29 is 23.2 Å². The number of aliphatic hydroxyl groups excluding tert-OH is 1. The number of carbonyl (C=O) groups excluding carboxylic acids is 1. The van der Waals surface area contributed by atoms with E-state index in [1.165, 1.54) is 17.9 Å². The van der Waals surface area contributed by atoms with E-state index in [0.29, 0.717) is 35.5 Å². The van der Waals surface area contributed by atoms with Gasteiger partial charge in [0.05, 0.1) is 6.54 Å². The van der Waals surface area contributed by atoms with Gasteiger partial charge in [0.25, 0.3) is 5.91 Å². The average Bonchev–Trinajstić information content (AvgIpc) is 2.92. The number of amides is 1. The van der Waals surface area contributed by atoms with Crippen LogP contribution in [-0.4, -0.2) is 33.7 Å². The van der Waals surface area contributed by atoms with Crippen LogP contribution in [0.25, 0.3) is 11.3 Å². The molecule has 1 N–H and O–H groups in total. The quantitative estimate of drug-likeness (QED) is 0.920. The molecule has 1 aromatic carbocycles. The highest BCUT2D eigenvalue weighted by Gasteiger charge is 2.29. The monoisotopic (exact) mass is 308 g/mol. The minimum absolute atomic E-state index is 0.219. The summed E-state index contributed by atoms with van der Waals surface area (Å²) in [6.07, 6.45) is -0.627. The Kier molecular flexibility index (Phi) is 3.66. The topological polar surface area (TPSA) is 66.6 Å². The molecule has 116 valence electrons. The number of fused-ring (bicyclic) bond motifs is 1. The van der Waals surface area contributed by atoms with E-state index < -0.39 is 17.7 Å². The summed E-state index contributed by atoms with van der Waals surface area (Å²) in [5.41, 5.74) is 1.43. The van der Waals surface area contributed by atoms with Gasteiger partial charge in [-0.05, 0) is 25.1 Å². The molecular formula is C15H14F2N2O3. The van der Waals surface area contributed by atoms with E-state index in [9.17, 15) is 18.7 Å². The number of benzene rings is 1. The lowest BCUT2D eigenvalue weighted by Crippen LogP contribution is -2.40. The van der Waals surface area contributed by atoms with Crippen LogP contribution in [0.4, 0.5) is 8.78 Å². The molecule has 0 saturated carbocycles. The van der Waals surface area contributed by atoms with E-state index >= 15 is 0 Å². The lowest BCUT2D eigenvalue weighted by molar-refractivity contribution is -0.140. The van der Waals surface area contributed by atoms with E-state index in [4.69, 9.17) is 4.52 Å². The molecule has 1 unspecified atom stereocenters. The lowest BCUT2D eigenvalue weighted by atomic mass is 10.0. The normalized spacial score (nSPS) is 15.5. The molecule has 7 heteroatoms. The first kappa shape index (κ1) is 14.6. The van der Waals surface area contributed by atoms with E-state index in [1.54, 1.807) is 0 Å². The maximum absolute atomic E-state index is 13.4. The fourth-order valence-electron chi connectivity index (χ4n) is 2.53. The summed E-state index contributed by atoms with van der Waals surface area (Å²) in [7, 11) is 0. The molecule has 22 heavy (non-hydrogen) atoms. The zero-order chi connectivity index (χ0) is 15.9. The average molecular weight is 308 g/mol. The van der Waals surface area contributed by atoms with E-state index in [-0.39, 0.29) is 12.5 Å². The summed E-state index contributed by atoms with van der Waals surface area (Å²) >= 11 is 0. The fourth-order valence-corrected chi connectivity index (χ4v) is 2.53. The molecule has 2 heterocycles. The van der Waals surface area contributed by atoms with Crippen LogP contribution in [0.2, 0.25) is 0 Å². The highest BCUT2D eigenvalue weighted by molar-refractivity contribution is 5.80. The molecule has 1 aliphatic heterocycles. The zero-order valence-corrected chi connectivity index (χ0v) is 11.8. The smallest absolute Gasteiger partial charge is 0.251 e. The van der Waals surface area contributed by atoms with Gasteiger partial charge in [-0.3, -0.25) is 4.79 Å². The molecule has 2 aromatic rings. The van der Waals surface area contributed by atoms with Crippen molar-refractivity contribution in [2.24, 2.45) is 0 Å². The Labute approximate surface area is 125 Å². The van der Waals surface area contributed by atoms with Crippen molar-refractivity contribution in [2.75, 3.05) is 6.54 Å². The Morgan fingerprint density at radius 3 is 2.86 bits per heavy atom. The predicted octanol–water partition coefficient (Wildman–Crippen LogP) is 1.89. The van der Waals surface area contributed by atoms with Crippen molar-refractivity contribution in [3.8, 4) is 11.3 Å². The molecule has 3 rings (SSSR count). The van der Waals surface area contributed by atoms with Gasteiger partial charge < -0.3 is 14.5 Å². The molecule has 5 nitrogen and oxygen atoms in total. The van der Waals surface area contributed by atoms with Crippen molar-refractivity contribution in [2.45, 2.75) is 26.0 Å². The third-order valence-corrected chi connectivity index (χ3v) is 3.69.